The molecule has 0 unspecified atom stereocenters. The molecule has 0 aliphatic carbocycles. The van der Waals surface area contributed by atoms with Crippen molar-refractivity contribution in [2.45, 2.75) is 33.1 Å². The molecule has 6 heteroatoms. The summed E-state index contributed by atoms with van der Waals surface area (Å²) in [6, 6.07) is 0. The first-order valence-electron chi connectivity index (χ1n) is 5.53. The fourth-order valence-electron chi connectivity index (χ4n) is 1.33. The lowest BCUT2D eigenvalue weighted by Gasteiger charge is -2.18. The zero-order chi connectivity index (χ0) is 12.0. The molecule has 90 valence electrons. The minimum absolute atomic E-state index is 0.553. The maximum atomic E-state index is 5.50. The van der Waals surface area contributed by atoms with E-state index >= 15 is 0 Å². The topological polar surface area (TPSA) is 55.0 Å². The lowest BCUT2D eigenvalue weighted by atomic mass is 10.3. The highest BCUT2D eigenvalue weighted by Gasteiger charge is 2.10. The maximum Gasteiger partial charge on any atom is 0.205 e. The van der Waals surface area contributed by atoms with Crippen molar-refractivity contribution < 1.29 is 0 Å². The van der Waals surface area contributed by atoms with Crippen LogP contribution in [0.15, 0.2) is 0 Å². The molecule has 0 aliphatic heterocycles. The highest BCUT2D eigenvalue weighted by Crippen LogP contribution is 2.17. The third kappa shape index (κ3) is 4.02. The third-order valence-corrected chi connectivity index (χ3v) is 3.23. The van der Waals surface area contributed by atoms with Crippen molar-refractivity contribution in [2.24, 2.45) is 5.73 Å². The van der Waals surface area contributed by atoms with E-state index in [1.807, 2.05) is 0 Å². The van der Waals surface area contributed by atoms with Gasteiger partial charge in [0.25, 0.3) is 0 Å². The Morgan fingerprint density at radius 2 is 2.25 bits per heavy atom. The number of hydrogen-bond donors (Lipinski definition) is 1. The molecule has 0 aromatic carbocycles. The van der Waals surface area contributed by atoms with Crippen LogP contribution in [0.3, 0.4) is 0 Å². The molecular weight excluding hydrogens is 240 g/mol. The van der Waals surface area contributed by atoms with Crippen LogP contribution in [0.2, 0.25) is 0 Å². The minimum atomic E-state index is 0.553. The fourth-order valence-corrected chi connectivity index (χ4v) is 2.22. The third-order valence-electron chi connectivity index (χ3n) is 2.21. The molecule has 0 saturated carbocycles. The number of aryl methyl sites for hydroxylation is 1. The van der Waals surface area contributed by atoms with Gasteiger partial charge >= 0.3 is 0 Å². The number of aromatic nitrogens is 2. The molecule has 0 bridgehead atoms. The van der Waals surface area contributed by atoms with Gasteiger partial charge in [0.15, 0.2) is 0 Å². The molecule has 0 amide bonds. The monoisotopic (exact) mass is 258 g/mol. The Hall–Kier alpha value is -0.750. The van der Waals surface area contributed by atoms with E-state index in [0.717, 1.165) is 43.3 Å². The molecule has 16 heavy (non-hydrogen) atoms. The Kier molecular flexibility index (Phi) is 5.62. The van der Waals surface area contributed by atoms with Gasteiger partial charge in [-0.3, -0.25) is 0 Å². The second kappa shape index (κ2) is 6.75. The molecule has 1 rings (SSSR count). The number of anilines is 1. The zero-order valence-corrected chi connectivity index (χ0v) is 11.4. The molecule has 0 fully saturated rings. The fraction of sp³-hybridized carbons (Fsp3) is 0.700. The molecule has 0 atom stereocenters. The van der Waals surface area contributed by atoms with Gasteiger partial charge in [0.1, 0.15) is 5.82 Å². The summed E-state index contributed by atoms with van der Waals surface area (Å²) >= 11 is 6.33. The minimum Gasteiger partial charge on any atom is -0.393 e. The van der Waals surface area contributed by atoms with E-state index in [4.69, 9.17) is 18.0 Å². The van der Waals surface area contributed by atoms with Gasteiger partial charge in [-0.25, -0.2) is 4.98 Å². The summed E-state index contributed by atoms with van der Waals surface area (Å²) < 4.78 is 4.33. The largest absolute Gasteiger partial charge is 0.393 e. The molecule has 0 saturated heterocycles. The van der Waals surface area contributed by atoms with E-state index in [2.05, 4.69) is 28.1 Å². The Morgan fingerprint density at radius 1 is 1.50 bits per heavy atom. The first-order valence-corrected chi connectivity index (χ1v) is 6.71. The number of nitrogens with two attached hydrogens (primary N) is 1. The van der Waals surface area contributed by atoms with Crippen LogP contribution in [0.4, 0.5) is 5.13 Å². The molecule has 1 heterocycles. The first-order chi connectivity index (χ1) is 7.67. The predicted molar refractivity (Wildman–Crippen MR) is 73.2 cm³/mol. The summed E-state index contributed by atoms with van der Waals surface area (Å²) in [5, 5.41) is 0.974. The Bertz CT molecular complexity index is 337. The van der Waals surface area contributed by atoms with E-state index in [9.17, 15) is 0 Å². The van der Waals surface area contributed by atoms with Crippen LogP contribution >= 0.6 is 23.8 Å². The van der Waals surface area contributed by atoms with E-state index < -0.39 is 0 Å². The van der Waals surface area contributed by atoms with E-state index in [1.165, 1.54) is 11.5 Å². The smallest absolute Gasteiger partial charge is 0.205 e. The summed E-state index contributed by atoms with van der Waals surface area (Å²) in [4.78, 5) is 7.21. The summed E-state index contributed by atoms with van der Waals surface area (Å²) in [5.74, 6) is 0.941. The van der Waals surface area contributed by atoms with Gasteiger partial charge in [0, 0.05) is 37.5 Å². The van der Waals surface area contributed by atoms with Gasteiger partial charge in [0.2, 0.25) is 5.13 Å². The van der Waals surface area contributed by atoms with Gasteiger partial charge in [-0.15, -0.1) is 0 Å². The molecule has 0 radical (unpaired) electrons. The molecule has 0 aliphatic rings. The van der Waals surface area contributed by atoms with Crippen LogP contribution in [-0.2, 0) is 6.42 Å². The van der Waals surface area contributed by atoms with Crippen molar-refractivity contribution in [2.75, 3.05) is 18.0 Å². The zero-order valence-electron chi connectivity index (χ0n) is 9.77. The quantitative estimate of drug-likeness (QED) is 0.758. The van der Waals surface area contributed by atoms with E-state index in [-0.39, 0.29) is 0 Å². The maximum absolute atomic E-state index is 5.50. The lowest BCUT2D eigenvalue weighted by Crippen LogP contribution is -2.27. The number of hydrogen-bond acceptors (Lipinski definition) is 5. The standard InChI is InChI=1S/C10H18N4S2/c1-3-5-9-12-10(16-13-9)14(4-2)7-6-8(11)15/h3-7H2,1-2H3,(H2,11,15). The van der Waals surface area contributed by atoms with Crippen LogP contribution < -0.4 is 10.6 Å². The van der Waals surface area contributed by atoms with Crippen LogP contribution in [0.25, 0.3) is 0 Å². The van der Waals surface area contributed by atoms with Crippen molar-refractivity contribution >= 4 is 33.9 Å². The molecule has 0 spiro atoms. The summed E-state index contributed by atoms with van der Waals surface area (Å²) in [6.07, 6.45) is 2.75. The number of rotatable bonds is 7. The van der Waals surface area contributed by atoms with Crippen LogP contribution in [0.1, 0.15) is 32.5 Å². The summed E-state index contributed by atoms with van der Waals surface area (Å²) in [6.45, 7) is 5.96. The van der Waals surface area contributed by atoms with Crippen LogP contribution in [0, 0.1) is 0 Å². The van der Waals surface area contributed by atoms with Crippen molar-refractivity contribution in [3.05, 3.63) is 5.82 Å². The predicted octanol–water partition coefficient (Wildman–Crippen LogP) is 1.99. The van der Waals surface area contributed by atoms with Crippen LogP contribution in [-0.4, -0.2) is 27.4 Å². The molecule has 4 nitrogen and oxygen atoms in total. The van der Waals surface area contributed by atoms with Crippen LogP contribution in [0.5, 0.6) is 0 Å². The van der Waals surface area contributed by atoms with Crippen molar-refractivity contribution in [3.8, 4) is 0 Å². The van der Waals surface area contributed by atoms with E-state index in [1.54, 1.807) is 0 Å². The molecule has 1 aromatic rings. The van der Waals surface area contributed by atoms with Crippen molar-refractivity contribution in [1.82, 2.24) is 9.36 Å². The number of nitrogens with zero attached hydrogens (tertiary/aromatic N) is 3. The number of thiocarbonyl (C=S) groups is 1. The van der Waals surface area contributed by atoms with Gasteiger partial charge < -0.3 is 10.6 Å². The van der Waals surface area contributed by atoms with Gasteiger partial charge in [-0.2, -0.15) is 4.37 Å². The normalized spacial score (nSPS) is 10.4. The Morgan fingerprint density at radius 3 is 2.81 bits per heavy atom. The van der Waals surface area contributed by atoms with Crippen molar-refractivity contribution in [1.29, 1.82) is 0 Å². The SMILES string of the molecule is CCCc1nsc(N(CC)CCC(N)=S)n1. The second-order valence-corrected chi connectivity index (χ2v) is 4.79. The molecule has 1 aromatic heterocycles. The highest BCUT2D eigenvalue weighted by molar-refractivity contribution is 7.80. The van der Waals surface area contributed by atoms with Gasteiger partial charge in [-0.1, -0.05) is 19.1 Å². The Labute approximate surface area is 106 Å². The first kappa shape index (κ1) is 13.3. The van der Waals surface area contributed by atoms with E-state index in [0.29, 0.717) is 4.99 Å². The second-order valence-electron chi connectivity index (χ2n) is 3.54. The molecular formula is C10H18N4S2. The lowest BCUT2D eigenvalue weighted by molar-refractivity contribution is 0.814. The molecule has 2 N–H and O–H groups in total. The average Bonchev–Trinajstić information content (AvgIpc) is 2.68. The van der Waals surface area contributed by atoms with Gasteiger partial charge in [-0.05, 0) is 13.3 Å². The average molecular weight is 258 g/mol. The van der Waals surface area contributed by atoms with Gasteiger partial charge in [0.05, 0.1) is 4.99 Å². The summed E-state index contributed by atoms with van der Waals surface area (Å²) in [7, 11) is 0. The highest BCUT2D eigenvalue weighted by atomic mass is 32.1. The van der Waals surface area contributed by atoms with Crippen molar-refractivity contribution in [3.63, 3.8) is 0 Å². The summed E-state index contributed by atoms with van der Waals surface area (Å²) in [5.41, 5.74) is 5.50. The Balaban J connectivity index is 2.59.